The van der Waals surface area contributed by atoms with E-state index >= 15 is 0 Å². The molecule has 1 amide bonds. The molecule has 3 aliphatic rings. The Morgan fingerprint density at radius 3 is 2.55 bits per heavy atom. The molecule has 4 rings (SSSR count). The minimum absolute atomic E-state index is 0.211. The monoisotopic (exact) mass is 445 g/mol. The van der Waals surface area contributed by atoms with Gasteiger partial charge in [0, 0.05) is 44.5 Å². The summed E-state index contributed by atoms with van der Waals surface area (Å²) in [6, 6.07) is 10.2. The third kappa shape index (κ3) is 6.18. The highest BCUT2D eigenvalue weighted by molar-refractivity contribution is 7.82. The van der Waals surface area contributed by atoms with Gasteiger partial charge in [0.25, 0.3) is 0 Å². The van der Waals surface area contributed by atoms with Gasteiger partial charge in [-0.2, -0.15) is 0 Å². The molecule has 2 aliphatic heterocycles. The Kier molecular flexibility index (Phi) is 7.80. The fourth-order valence-corrected chi connectivity index (χ4v) is 5.61. The Morgan fingerprint density at radius 2 is 1.84 bits per heavy atom. The quantitative estimate of drug-likeness (QED) is 0.653. The Morgan fingerprint density at radius 1 is 1.10 bits per heavy atom. The highest BCUT2D eigenvalue weighted by Crippen LogP contribution is 2.30. The molecule has 3 fully saturated rings. The van der Waals surface area contributed by atoms with Crippen LogP contribution in [-0.4, -0.2) is 64.6 Å². The summed E-state index contributed by atoms with van der Waals surface area (Å²) in [6.45, 7) is 7.11. The number of rotatable bonds is 7. The minimum atomic E-state index is -0.866. The predicted octanol–water partition coefficient (Wildman–Crippen LogP) is 3.47. The van der Waals surface area contributed by atoms with Gasteiger partial charge < -0.3 is 9.64 Å². The molecule has 0 aromatic heterocycles. The fraction of sp³-hybridized carbons (Fsp3) is 0.625. The Balaban J connectivity index is 1.15. The van der Waals surface area contributed by atoms with Crippen LogP contribution in [-0.2, 0) is 22.3 Å². The lowest BCUT2D eigenvalue weighted by Crippen LogP contribution is -2.45. The van der Waals surface area contributed by atoms with Crippen molar-refractivity contribution < 1.29 is 13.7 Å². The van der Waals surface area contributed by atoms with Crippen molar-refractivity contribution in [3.8, 4) is 0 Å². The lowest BCUT2D eigenvalue weighted by atomic mass is 9.86. The van der Waals surface area contributed by atoms with Crippen LogP contribution in [0.1, 0.15) is 44.6 Å². The molecule has 1 aromatic rings. The molecule has 31 heavy (non-hydrogen) atoms. The summed E-state index contributed by atoms with van der Waals surface area (Å²) in [5, 5.41) is 0. The maximum atomic E-state index is 12.2. The van der Waals surface area contributed by atoms with Gasteiger partial charge >= 0.3 is 6.09 Å². The van der Waals surface area contributed by atoms with Gasteiger partial charge in [0.2, 0.25) is 0 Å². The molecule has 2 heterocycles. The minimum Gasteiger partial charge on any atom is -0.445 e. The van der Waals surface area contributed by atoms with E-state index in [0.29, 0.717) is 18.4 Å². The first-order valence-electron chi connectivity index (χ1n) is 11.6. The second kappa shape index (κ2) is 10.7. The normalized spacial score (nSPS) is 25.4. The molecule has 0 spiro atoms. The summed E-state index contributed by atoms with van der Waals surface area (Å²) in [6.07, 6.45) is 5.65. The van der Waals surface area contributed by atoms with E-state index in [1.165, 1.54) is 30.5 Å². The smallest absolute Gasteiger partial charge is 0.410 e. The average Bonchev–Trinajstić information content (AvgIpc) is 3.21. The van der Waals surface area contributed by atoms with E-state index in [-0.39, 0.29) is 6.09 Å². The zero-order valence-electron chi connectivity index (χ0n) is 18.6. The van der Waals surface area contributed by atoms with Gasteiger partial charge in [-0.25, -0.2) is 13.7 Å². The van der Waals surface area contributed by atoms with Gasteiger partial charge in [-0.05, 0) is 49.2 Å². The molecule has 6 nitrogen and oxygen atoms in total. The van der Waals surface area contributed by atoms with Crippen LogP contribution in [0.15, 0.2) is 41.5 Å². The molecule has 1 N–H and O–H groups in total. The second-order valence-corrected chi connectivity index (χ2v) is 10.6. The largest absolute Gasteiger partial charge is 0.445 e. The van der Waals surface area contributed by atoms with E-state index in [9.17, 15) is 9.00 Å². The topological polar surface area (TPSA) is 61.9 Å². The predicted molar refractivity (Wildman–Crippen MR) is 124 cm³/mol. The van der Waals surface area contributed by atoms with E-state index in [2.05, 4.69) is 9.62 Å². The lowest BCUT2D eigenvalue weighted by Gasteiger charge is -2.35. The Labute approximate surface area is 188 Å². The molecule has 170 valence electrons. The van der Waals surface area contributed by atoms with Crippen LogP contribution in [0.25, 0.3) is 0 Å². The highest BCUT2D eigenvalue weighted by Gasteiger charge is 2.32. The Hall–Kier alpha value is -1.70. The van der Waals surface area contributed by atoms with Crippen LogP contribution in [0.3, 0.4) is 0 Å². The third-order valence-corrected chi connectivity index (χ3v) is 7.92. The van der Waals surface area contributed by atoms with Gasteiger partial charge in [0.15, 0.2) is 0 Å². The fourth-order valence-electron chi connectivity index (χ4n) is 4.84. The van der Waals surface area contributed by atoms with Crippen molar-refractivity contribution >= 4 is 17.1 Å². The molecule has 1 saturated carbocycles. The number of nitrogens with zero attached hydrogens (tertiary/aromatic N) is 2. The van der Waals surface area contributed by atoms with E-state index in [4.69, 9.17) is 4.74 Å². The van der Waals surface area contributed by atoms with Crippen LogP contribution in [0, 0.1) is 5.92 Å². The second-order valence-electron chi connectivity index (χ2n) is 9.06. The molecular formula is C24H35N3O3S. The standard InChI is InChI=1S/C24H35N3O3S/c1-2-31(29)25-23-10-8-19(9-11-23)14-26-13-12-21(15-26)22-16-27(17-22)24(28)30-18-20-6-4-3-5-7-20/h3-7,19,23,25H,2,8-18H2,1H3. The lowest BCUT2D eigenvalue weighted by molar-refractivity contribution is 0.0900. The number of ether oxygens (including phenoxy) is 1. The number of amides is 1. The number of carbonyl (C=O) groups excluding carboxylic acids is 1. The summed E-state index contributed by atoms with van der Waals surface area (Å²) >= 11 is 0. The summed E-state index contributed by atoms with van der Waals surface area (Å²) < 4.78 is 20.4. The van der Waals surface area contributed by atoms with Crippen molar-refractivity contribution in [2.75, 3.05) is 38.5 Å². The van der Waals surface area contributed by atoms with Crippen molar-refractivity contribution in [3.05, 3.63) is 47.0 Å². The van der Waals surface area contributed by atoms with Gasteiger partial charge in [-0.15, -0.1) is 0 Å². The van der Waals surface area contributed by atoms with E-state index in [1.54, 1.807) is 4.90 Å². The van der Waals surface area contributed by atoms with Crippen molar-refractivity contribution in [1.29, 1.82) is 0 Å². The van der Waals surface area contributed by atoms with Gasteiger partial charge in [0.1, 0.15) is 6.61 Å². The molecule has 0 radical (unpaired) electrons. The van der Waals surface area contributed by atoms with E-state index in [1.807, 2.05) is 37.3 Å². The van der Waals surface area contributed by atoms with Crippen molar-refractivity contribution in [1.82, 2.24) is 14.5 Å². The number of carbonyl (C=O) groups is 1. The van der Waals surface area contributed by atoms with E-state index in [0.717, 1.165) is 56.9 Å². The summed E-state index contributed by atoms with van der Waals surface area (Å²) in [5.74, 6) is 1.44. The van der Waals surface area contributed by atoms with Crippen LogP contribution in [0.4, 0.5) is 4.79 Å². The SMILES string of the molecule is CCS(=O)NC1CCC(CN2CCC(=C3CN(C(=O)OCc4ccccc4)C3)C2)CC1. The molecule has 2 saturated heterocycles. The molecule has 1 aliphatic carbocycles. The van der Waals surface area contributed by atoms with Crippen molar-refractivity contribution in [2.24, 2.45) is 5.92 Å². The maximum Gasteiger partial charge on any atom is 0.410 e. The van der Waals surface area contributed by atoms with Crippen molar-refractivity contribution in [2.45, 2.75) is 51.7 Å². The van der Waals surface area contributed by atoms with Gasteiger partial charge in [0.05, 0.1) is 11.0 Å². The summed E-state index contributed by atoms with van der Waals surface area (Å²) in [4.78, 5) is 16.6. The van der Waals surface area contributed by atoms with Crippen LogP contribution >= 0.6 is 0 Å². The molecule has 1 atom stereocenters. The molecule has 1 aromatic carbocycles. The number of benzene rings is 1. The van der Waals surface area contributed by atoms with Crippen molar-refractivity contribution in [3.63, 3.8) is 0 Å². The molecular weight excluding hydrogens is 410 g/mol. The number of hydrogen-bond acceptors (Lipinski definition) is 4. The first kappa shape index (κ1) is 22.5. The highest BCUT2D eigenvalue weighted by atomic mass is 32.2. The zero-order chi connectivity index (χ0) is 21.6. The average molecular weight is 446 g/mol. The van der Waals surface area contributed by atoms with Gasteiger partial charge in [-0.1, -0.05) is 42.8 Å². The molecule has 1 unspecified atom stereocenters. The van der Waals surface area contributed by atoms with Gasteiger partial charge in [-0.3, -0.25) is 4.90 Å². The first-order valence-corrected chi connectivity index (χ1v) is 12.9. The van der Waals surface area contributed by atoms with Crippen LogP contribution in [0.2, 0.25) is 0 Å². The number of likely N-dealkylation sites (tertiary alicyclic amines) is 2. The summed E-state index contributed by atoms with van der Waals surface area (Å²) in [7, 11) is -0.866. The van der Waals surface area contributed by atoms with Crippen LogP contribution < -0.4 is 4.72 Å². The molecule has 7 heteroatoms. The zero-order valence-corrected chi connectivity index (χ0v) is 19.4. The first-order chi connectivity index (χ1) is 15.1. The Bertz CT molecular complexity index is 798. The maximum absolute atomic E-state index is 12.2. The summed E-state index contributed by atoms with van der Waals surface area (Å²) in [5.41, 5.74) is 3.97. The van der Waals surface area contributed by atoms with E-state index < -0.39 is 11.0 Å². The molecule has 0 bridgehead atoms. The number of hydrogen-bond donors (Lipinski definition) is 1. The van der Waals surface area contributed by atoms with Crippen LogP contribution in [0.5, 0.6) is 0 Å². The third-order valence-electron chi connectivity index (χ3n) is 6.79. The number of nitrogens with one attached hydrogen (secondary N) is 1.